The number of ether oxygens (including phenoxy) is 1. The summed E-state index contributed by atoms with van der Waals surface area (Å²) in [5.74, 6) is 0.919. The van der Waals surface area contributed by atoms with Crippen molar-refractivity contribution in [2.45, 2.75) is 33.2 Å². The molecule has 0 saturated heterocycles. The minimum absolute atomic E-state index is 0.500. The molecule has 0 saturated carbocycles. The molecule has 112 valence electrons. The van der Waals surface area contributed by atoms with Gasteiger partial charge in [-0.25, -0.2) is 4.98 Å². The Morgan fingerprint density at radius 3 is 2.71 bits per heavy atom. The normalized spacial score (nSPS) is 10.4. The molecule has 0 amide bonds. The van der Waals surface area contributed by atoms with Gasteiger partial charge in [0.1, 0.15) is 5.75 Å². The highest BCUT2D eigenvalue weighted by molar-refractivity contribution is 6.31. The lowest BCUT2D eigenvalue weighted by Crippen LogP contribution is -2.01. The standard InChI is InChI=1S/C17H21ClN2O/c1-3-4-9-21-15-7-5-14(6-8-15)12-19-16-10-13(2)11-20-17(16)18/h5-8,10-11,19H,3-4,9,12H2,1-2H3. The molecule has 1 aromatic heterocycles. The number of unbranched alkanes of at least 4 members (excludes halogenated alkanes) is 1. The summed E-state index contributed by atoms with van der Waals surface area (Å²) in [5, 5.41) is 3.81. The molecule has 0 atom stereocenters. The maximum absolute atomic E-state index is 6.06. The molecule has 1 aromatic carbocycles. The van der Waals surface area contributed by atoms with Gasteiger partial charge in [-0.2, -0.15) is 0 Å². The van der Waals surface area contributed by atoms with Gasteiger partial charge in [0, 0.05) is 12.7 Å². The van der Waals surface area contributed by atoms with Crippen molar-refractivity contribution < 1.29 is 4.74 Å². The average Bonchev–Trinajstić information content (AvgIpc) is 2.50. The van der Waals surface area contributed by atoms with Crippen LogP contribution in [0.4, 0.5) is 5.69 Å². The van der Waals surface area contributed by atoms with Crippen molar-refractivity contribution in [3.05, 3.63) is 52.8 Å². The number of benzene rings is 1. The van der Waals surface area contributed by atoms with E-state index in [1.165, 1.54) is 5.56 Å². The summed E-state index contributed by atoms with van der Waals surface area (Å²) in [6, 6.07) is 10.1. The molecule has 2 aromatic rings. The maximum Gasteiger partial charge on any atom is 0.152 e. The van der Waals surface area contributed by atoms with Gasteiger partial charge in [0.15, 0.2) is 5.15 Å². The van der Waals surface area contributed by atoms with E-state index in [0.29, 0.717) is 11.7 Å². The van der Waals surface area contributed by atoms with E-state index in [9.17, 15) is 0 Å². The minimum Gasteiger partial charge on any atom is -0.494 e. The van der Waals surface area contributed by atoms with Crippen LogP contribution in [0.5, 0.6) is 5.75 Å². The zero-order chi connectivity index (χ0) is 15.1. The third-order valence-electron chi connectivity index (χ3n) is 3.15. The van der Waals surface area contributed by atoms with Crippen LogP contribution in [-0.4, -0.2) is 11.6 Å². The van der Waals surface area contributed by atoms with Crippen molar-refractivity contribution in [3.8, 4) is 5.75 Å². The average molecular weight is 305 g/mol. The number of halogens is 1. The molecular formula is C17H21ClN2O. The van der Waals surface area contributed by atoms with Crippen LogP contribution in [0.3, 0.4) is 0 Å². The Hall–Kier alpha value is -1.74. The van der Waals surface area contributed by atoms with E-state index in [-0.39, 0.29) is 0 Å². The van der Waals surface area contributed by atoms with Crippen molar-refractivity contribution in [2.75, 3.05) is 11.9 Å². The second kappa shape index (κ2) is 7.89. The van der Waals surface area contributed by atoms with Crippen LogP contribution in [0.1, 0.15) is 30.9 Å². The van der Waals surface area contributed by atoms with Crippen molar-refractivity contribution in [2.24, 2.45) is 0 Å². The van der Waals surface area contributed by atoms with Gasteiger partial charge in [-0.15, -0.1) is 0 Å². The third-order valence-corrected chi connectivity index (χ3v) is 3.45. The summed E-state index contributed by atoms with van der Waals surface area (Å²) in [5.41, 5.74) is 3.12. The SMILES string of the molecule is CCCCOc1ccc(CNc2cc(C)cnc2Cl)cc1. The second-order valence-corrected chi connectivity index (χ2v) is 5.41. The fourth-order valence-corrected chi connectivity index (χ4v) is 2.08. The summed E-state index contributed by atoms with van der Waals surface area (Å²) < 4.78 is 5.65. The van der Waals surface area contributed by atoms with Crippen molar-refractivity contribution >= 4 is 17.3 Å². The summed E-state index contributed by atoms with van der Waals surface area (Å²) in [7, 11) is 0. The van der Waals surface area contributed by atoms with Crippen LogP contribution >= 0.6 is 11.6 Å². The number of nitrogens with one attached hydrogen (secondary N) is 1. The fourth-order valence-electron chi connectivity index (χ4n) is 1.91. The molecule has 0 bridgehead atoms. The van der Waals surface area contributed by atoms with Gasteiger partial charge in [-0.05, 0) is 42.7 Å². The zero-order valence-electron chi connectivity index (χ0n) is 12.5. The van der Waals surface area contributed by atoms with Crippen molar-refractivity contribution in [3.63, 3.8) is 0 Å². The molecule has 21 heavy (non-hydrogen) atoms. The summed E-state index contributed by atoms with van der Waals surface area (Å²) in [4.78, 5) is 4.13. The Labute approximate surface area is 131 Å². The zero-order valence-corrected chi connectivity index (χ0v) is 13.3. The minimum atomic E-state index is 0.500. The quantitative estimate of drug-likeness (QED) is 0.587. The van der Waals surface area contributed by atoms with Gasteiger partial charge in [0.2, 0.25) is 0 Å². The Bertz CT molecular complexity index is 570. The maximum atomic E-state index is 6.06. The Kier molecular flexibility index (Phi) is 5.88. The number of aryl methyl sites for hydroxylation is 1. The molecule has 4 heteroatoms. The molecule has 1 heterocycles. The lowest BCUT2D eigenvalue weighted by Gasteiger charge is -2.10. The van der Waals surface area contributed by atoms with Gasteiger partial charge >= 0.3 is 0 Å². The van der Waals surface area contributed by atoms with Gasteiger partial charge in [0.05, 0.1) is 12.3 Å². The highest BCUT2D eigenvalue weighted by Crippen LogP contribution is 2.21. The molecule has 3 nitrogen and oxygen atoms in total. The van der Waals surface area contributed by atoms with E-state index in [0.717, 1.165) is 36.4 Å². The van der Waals surface area contributed by atoms with Crippen LogP contribution in [0, 0.1) is 6.92 Å². The molecule has 0 aliphatic rings. The van der Waals surface area contributed by atoms with Crippen LogP contribution in [0.15, 0.2) is 36.5 Å². The molecule has 0 aliphatic carbocycles. The van der Waals surface area contributed by atoms with Gasteiger partial charge in [0.25, 0.3) is 0 Å². The summed E-state index contributed by atoms with van der Waals surface area (Å²) in [6.45, 7) is 5.64. The third kappa shape index (κ3) is 4.94. The van der Waals surface area contributed by atoms with E-state index in [1.54, 1.807) is 6.20 Å². The largest absolute Gasteiger partial charge is 0.494 e. The van der Waals surface area contributed by atoms with E-state index >= 15 is 0 Å². The van der Waals surface area contributed by atoms with Gasteiger partial charge in [-0.3, -0.25) is 0 Å². The first-order valence-corrected chi connectivity index (χ1v) is 7.64. The van der Waals surface area contributed by atoms with Crippen LogP contribution in [-0.2, 0) is 6.54 Å². The second-order valence-electron chi connectivity index (χ2n) is 5.05. The summed E-state index contributed by atoms with van der Waals surface area (Å²) in [6.07, 6.45) is 3.99. The molecule has 0 fully saturated rings. The van der Waals surface area contributed by atoms with Crippen LogP contribution < -0.4 is 10.1 Å². The fraction of sp³-hybridized carbons (Fsp3) is 0.353. The first-order valence-electron chi connectivity index (χ1n) is 7.27. The molecule has 2 rings (SSSR count). The predicted octanol–water partition coefficient (Wildman–Crippen LogP) is 4.83. The number of anilines is 1. The van der Waals surface area contributed by atoms with Crippen molar-refractivity contribution in [1.29, 1.82) is 0 Å². The van der Waals surface area contributed by atoms with E-state index in [2.05, 4.69) is 29.4 Å². The predicted molar refractivity (Wildman–Crippen MR) is 88.2 cm³/mol. The molecule has 0 unspecified atom stereocenters. The van der Waals surface area contributed by atoms with Crippen LogP contribution in [0.2, 0.25) is 5.15 Å². The topological polar surface area (TPSA) is 34.1 Å². The Morgan fingerprint density at radius 1 is 1.24 bits per heavy atom. The molecule has 0 radical (unpaired) electrons. The highest BCUT2D eigenvalue weighted by Gasteiger charge is 2.02. The molecule has 0 aliphatic heterocycles. The first kappa shape index (κ1) is 15.6. The lowest BCUT2D eigenvalue weighted by atomic mass is 10.2. The Balaban J connectivity index is 1.90. The molecule has 0 spiro atoms. The number of pyridine rings is 1. The highest BCUT2D eigenvalue weighted by atomic mass is 35.5. The van der Waals surface area contributed by atoms with E-state index in [4.69, 9.17) is 16.3 Å². The van der Waals surface area contributed by atoms with Gasteiger partial charge < -0.3 is 10.1 Å². The molecular weight excluding hydrogens is 284 g/mol. The molecule has 1 N–H and O–H groups in total. The first-order chi connectivity index (χ1) is 10.2. The van der Waals surface area contributed by atoms with Crippen molar-refractivity contribution in [1.82, 2.24) is 4.98 Å². The lowest BCUT2D eigenvalue weighted by molar-refractivity contribution is 0.309. The summed E-state index contributed by atoms with van der Waals surface area (Å²) >= 11 is 6.06. The van der Waals surface area contributed by atoms with Crippen LogP contribution in [0.25, 0.3) is 0 Å². The number of hydrogen-bond donors (Lipinski definition) is 1. The Morgan fingerprint density at radius 2 is 2.00 bits per heavy atom. The van der Waals surface area contributed by atoms with Gasteiger partial charge in [-0.1, -0.05) is 37.1 Å². The van der Waals surface area contributed by atoms with E-state index < -0.39 is 0 Å². The smallest absolute Gasteiger partial charge is 0.152 e. The number of nitrogens with zero attached hydrogens (tertiary/aromatic N) is 1. The monoisotopic (exact) mass is 304 g/mol. The number of aromatic nitrogens is 1. The number of rotatable bonds is 7. The van der Waals surface area contributed by atoms with E-state index in [1.807, 2.05) is 25.1 Å². The number of hydrogen-bond acceptors (Lipinski definition) is 3.